The lowest BCUT2D eigenvalue weighted by Gasteiger charge is -2.16. The van der Waals surface area contributed by atoms with E-state index in [0.717, 1.165) is 18.2 Å². The average Bonchev–Trinajstić information content (AvgIpc) is 2.63. The van der Waals surface area contributed by atoms with E-state index in [1.165, 1.54) is 12.1 Å². The van der Waals surface area contributed by atoms with Crippen LogP contribution in [0, 0.1) is 6.92 Å². The predicted octanol–water partition coefficient (Wildman–Crippen LogP) is 2.07. The monoisotopic (exact) mass is 375 g/mol. The number of halogens is 3. The highest BCUT2D eigenvalue weighted by Gasteiger charge is 2.34. The first kappa shape index (κ1) is 18.6. The first-order valence-corrected chi connectivity index (χ1v) is 7.73. The Balaban J connectivity index is 2.24. The van der Waals surface area contributed by atoms with E-state index in [0.29, 0.717) is 16.5 Å². The molecule has 0 bridgehead atoms. The number of rotatable bonds is 4. The second-order valence-corrected chi connectivity index (χ2v) is 5.82. The molecule has 0 fully saturated rings. The van der Waals surface area contributed by atoms with Crippen molar-refractivity contribution in [3.63, 3.8) is 0 Å². The Morgan fingerprint density at radius 2 is 1.89 bits per heavy atom. The number of nitrogen functional groups attached to an aromatic ring is 1. The zero-order valence-electron chi connectivity index (χ0n) is 14.0. The fourth-order valence-electron chi connectivity index (χ4n) is 2.80. The number of anilines is 1. The van der Waals surface area contributed by atoms with E-state index in [1.807, 2.05) is 0 Å². The molecule has 3 N–H and O–H groups in total. The fourth-order valence-corrected chi connectivity index (χ4v) is 2.80. The molecule has 0 atom stereocenters. The van der Waals surface area contributed by atoms with E-state index in [2.05, 4.69) is 14.9 Å². The Morgan fingerprint density at radius 3 is 2.56 bits per heavy atom. The van der Waals surface area contributed by atoms with E-state index in [1.54, 1.807) is 13.0 Å². The van der Waals surface area contributed by atoms with Gasteiger partial charge in [-0.2, -0.15) is 18.3 Å². The summed E-state index contributed by atoms with van der Waals surface area (Å²) in [6.07, 6.45) is -4.62. The van der Waals surface area contributed by atoms with Crippen LogP contribution in [0.1, 0.15) is 11.3 Å². The number of aryl methyl sites for hydroxylation is 1. The van der Waals surface area contributed by atoms with Gasteiger partial charge < -0.3 is 15.4 Å². The highest BCUT2D eigenvalue weighted by atomic mass is 19.4. The van der Waals surface area contributed by atoms with Crippen LogP contribution < -0.4 is 11.2 Å². The molecule has 10 heteroatoms. The number of carbonyl (C=O) groups excluding carboxylic acids is 1. The van der Waals surface area contributed by atoms with Gasteiger partial charge in [0.15, 0.2) is 5.82 Å². The zero-order chi connectivity index (χ0) is 19.8. The summed E-state index contributed by atoms with van der Waals surface area (Å²) in [5.74, 6) is 0.168. The third-order valence-corrected chi connectivity index (χ3v) is 4.12. The number of fused-ring (bicyclic) bond motifs is 1. The first-order chi connectivity index (χ1) is 12.7. The Hall–Kier alpha value is -3.14. The molecule has 6 nitrogen and oxygen atoms in total. The fraction of sp³-hybridized carbons (Fsp3) is 0.118. The number of hydrogen-bond donors (Lipinski definition) is 2. The van der Waals surface area contributed by atoms with Crippen molar-refractivity contribution in [1.82, 2.24) is 10.2 Å². The van der Waals surface area contributed by atoms with Crippen LogP contribution in [0.2, 0.25) is 0 Å². The molecule has 1 heterocycles. The van der Waals surface area contributed by atoms with Gasteiger partial charge in [0.25, 0.3) is 6.47 Å². The highest BCUT2D eigenvalue weighted by molar-refractivity contribution is 6.61. The van der Waals surface area contributed by atoms with Crippen LogP contribution >= 0.6 is 0 Å². The summed E-state index contributed by atoms with van der Waals surface area (Å²) >= 11 is 0. The van der Waals surface area contributed by atoms with Crippen molar-refractivity contribution in [3.8, 4) is 11.1 Å². The molecular weight excluding hydrogens is 362 g/mol. The highest BCUT2D eigenvalue weighted by Crippen LogP contribution is 2.38. The maximum absolute atomic E-state index is 13.5. The Labute approximate surface area is 151 Å². The van der Waals surface area contributed by atoms with Crippen LogP contribution in [-0.4, -0.2) is 28.8 Å². The maximum Gasteiger partial charge on any atom is 0.561 e. The molecule has 0 aliphatic rings. The standard InChI is InChI=1S/C17H13BF3N3O3/c1-9-13-6-10(2-4-12(13)16(22)24-23-9)14-7-11(18(26)27-8-25)3-5-15(14)17(19,20)21/h2-8,26H,1H3,(H2,22,24). The summed E-state index contributed by atoms with van der Waals surface area (Å²) in [6.45, 7) is 1.68. The quantitative estimate of drug-likeness (QED) is 0.535. The average molecular weight is 375 g/mol. The van der Waals surface area contributed by atoms with E-state index < -0.39 is 18.9 Å². The van der Waals surface area contributed by atoms with Crippen LogP contribution in [0.4, 0.5) is 19.0 Å². The number of alkyl halides is 3. The second-order valence-electron chi connectivity index (χ2n) is 5.82. The maximum atomic E-state index is 13.5. The molecule has 0 saturated heterocycles. The van der Waals surface area contributed by atoms with Gasteiger partial charge in [-0.15, -0.1) is 5.10 Å². The molecule has 27 heavy (non-hydrogen) atoms. The molecule has 1 aromatic heterocycles. The van der Waals surface area contributed by atoms with Crippen molar-refractivity contribution < 1.29 is 27.6 Å². The topological polar surface area (TPSA) is 98.3 Å². The lowest BCUT2D eigenvalue weighted by Crippen LogP contribution is -2.33. The molecule has 0 spiro atoms. The first-order valence-electron chi connectivity index (χ1n) is 7.73. The normalized spacial score (nSPS) is 11.4. The summed E-state index contributed by atoms with van der Waals surface area (Å²) < 4.78 is 44.8. The van der Waals surface area contributed by atoms with Crippen LogP contribution in [0.25, 0.3) is 21.9 Å². The molecule has 0 saturated carbocycles. The number of nitrogens with two attached hydrogens (primary N) is 1. The van der Waals surface area contributed by atoms with Gasteiger partial charge in [-0.25, -0.2) is 0 Å². The third-order valence-electron chi connectivity index (χ3n) is 4.12. The molecule has 0 aliphatic heterocycles. The van der Waals surface area contributed by atoms with E-state index in [4.69, 9.17) is 5.73 Å². The van der Waals surface area contributed by atoms with Crippen molar-refractivity contribution in [2.75, 3.05) is 5.73 Å². The summed E-state index contributed by atoms with van der Waals surface area (Å²) in [6, 6.07) is 7.57. The van der Waals surface area contributed by atoms with Gasteiger partial charge in [-0.1, -0.05) is 18.2 Å². The number of benzene rings is 2. The molecule has 0 unspecified atom stereocenters. The van der Waals surface area contributed by atoms with E-state index >= 15 is 0 Å². The number of aromatic nitrogens is 2. The lowest BCUT2D eigenvalue weighted by molar-refractivity contribution is -0.137. The molecule has 0 amide bonds. The molecular formula is C17H13BF3N3O3. The molecule has 138 valence electrons. The minimum absolute atomic E-state index is 0.00860. The van der Waals surface area contributed by atoms with Crippen LogP contribution in [-0.2, 0) is 15.6 Å². The minimum atomic E-state index is -4.62. The van der Waals surface area contributed by atoms with Crippen molar-refractivity contribution in [2.45, 2.75) is 13.1 Å². The van der Waals surface area contributed by atoms with Crippen molar-refractivity contribution >= 4 is 35.6 Å². The summed E-state index contributed by atoms with van der Waals surface area (Å²) in [4.78, 5) is 10.4. The van der Waals surface area contributed by atoms with E-state index in [9.17, 15) is 23.0 Å². The minimum Gasteiger partial charge on any atom is -0.508 e. The summed E-state index contributed by atoms with van der Waals surface area (Å²) in [5.41, 5.74) is 5.47. The lowest BCUT2D eigenvalue weighted by atomic mass is 9.77. The molecule has 3 rings (SSSR count). The van der Waals surface area contributed by atoms with Gasteiger partial charge in [0.1, 0.15) is 0 Å². The largest absolute Gasteiger partial charge is 0.561 e. The van der Waals surface area contributed by atoms with Gasteiger partial charge in [-0.3, -0.25) is 4.79 Å². The van der Waals surface area contributed by atoms with Crippen LogP contribution in [0.3, 0.4) is 0 Å². The number of nitrogens with zero attached hydrogens (tertiary/aromatic N) is 2. The zero-order valence-corrected chi connectivity index (χ0v) is 14.0. The molecule has 0 radical (unpaired) electrons. The second kappa shape index (κ2) is 6.88. The third kappa shape index (κ3) is 3.56. The van der Waals surface area contributed by atoms with E-state index in [-0.39, 0.29) is 28.9 Å². The summed E-state index contributed by atoms with van der Waals surface area (Å²) in [5, 5.41) is 18.6. The van der Waals surface area contributed by atoms with Gasteiger partial charge in [0.2, 0.25) is 0 Å². The number of hydrogen-bond acceptors (Lipinski definition) is 6. The van der Waals surface area contributed by atoms with Gasteiger partial charge in [0.05, 0.1) is 11.3 Å². The smallest absolute Gasteiger partial charge is 0.508 e. The molecule has 2 aromatic carbocycles. The van der Waals surface area contributed by atoms with Gasteiger partial charge >= 0.3 is 13.3 Å². The Kier molecular flexibility index (Phi) is 4.75. The van der Waals surface area contributed by atoms with Crippen molar-refractivity contribution in [3.05, 3.63) is 47.7 Å². The Morgan fingerprint density at radius 1 is 1.15 bits per heavy atom. The van der Waals surface area contributed by atoms with Crippen molar-refractivity contribution in [2.24, 2.45) is 0 Å². The summed E-state index contributed by atoms with van der Waals surface area (Å²) in [7, 11) is -1.67. The van der Waals surface area contributed by atoms with Crippen LogP contribution in [0.5, 0.6) is 0 Å². The van der Waals surface area contributed by atoms with Crippen LogP contribution in [0.15, 0.2) is 36.4 Å². The predicted molar refractivity (Wildman–Crippen MR) is 93.9 cm³/mol. The number of carbonyl (C=O) groups is 1. The van der Waals surface area contributed by atoms with Crippen molar-refractivity contribution in [1.29, 1.82) is 0 Å². The SMILES string of the molecule is Cc1nnc(N)c2ccc(-c3cc(B(O)OC=O)ccc3C(F)(F)F)cc12. The molecule has 0 aliphatic carbocycles. The Bertz CT molecular complexity index is 1030. The van der Waals surface area contributed by atoms with Gasteiger partial charge in [0, 0.05) is 10.8 Å². The van der Waals surface area contributed by atoms with Gasteiger partial charge in [-0.05, 0) is 41.7 Å². The molecule has 3 aromatic rings.